The first-order valence-electron chi connectivity index (χ1n) is 6.02. The molecule has 1 saturated heterocycles. The van der Waals surface area contributed by atoms with Gasteiger partial charge in [0, 0.05) is 25.3 Å². The molecule has 0 aromatic carbocycles. The summed E-state index contributed by atoms with van der Waals surface area (Å²) in [4.78, 5) is 25.1. The minimum Gasteiger partial charge on any atom is -0.391 e. The molecule has 1 amide bonds. The maximum atomic E-state index is 11.8. The van der Waals surface area contributed by atoms with E-state index in [0.29, 0.717) is 12.8 Å². The van der Waals surface area contributed by atoms with Crippen LogP contribution < -0.4 is 0 Å². The van der Waals surface area contributed by atoms with Crippen LogP contribution >= 0.6 is 0 Å². The van der Waals surface area contributed by atoms with Gasteiger partial charge in [-0.25, -0.2) is 0 Å². The number of aliphatic hydroxyl groups is 1. The van der Waals surface area contributed by atoms with Gasteiger partial charge < -0.3 is 10.0 Å². The van der Waals surface area contributed by atoms with E-state index < -0.39 is 6.10 Å². The lowest BCUT2D eigenvalue weighted by molar-refractivity contribution is -0.151. The third-order valence-electron chi connectivity index (χ3n) is 4.01. The molecule has 16 heavy (non-hydrogen) atoms. The van der Waals surface area contributed by atoms with Crippen LogP contribution in [0.25, 0.3) is 0 Å². The highest BCUT2D eigenvalue weighted by Crippen LogP contribution is 2.36. The van der Waals surface area contributed by atoms with Crippen molar-refractivity contribution < 1.29 is 14.7 Å². The number of rotatable bonds is 0. The fourth-order valence-corrected chi connectivity index (χ4v) is 3.17. The Kier molecular flexibility index (Phi) is 3.02. The average Bonchev–Trinajstić information content (AvgIpc) is 2.21. The van der Waals surface area contributed by atoms with Gasteiger partial charge >= 0.3 is 0 Å². The van der Waals surface area contributed by atoms with Crippen LogP contribution in [-0.4, -0.2) is 39.9 Å². The highest BCUT2D eigenvalue weighted by Gasteiger charge is 2.45. The molecule has 90 valence electrons. The fraction of sp³-hybridized carbons (Fsp3) is 0.833. The molecular formula is C12H19NO3. The Labute approximate surface area is 95.6 Å². The predicted octanol–water partition coefficient (Wildman–Crippen LogP) is 0.726. The Hall–Kier alpha value is -0.900. The molecule has 0 aromatic heterocycles. The Morgan fingerprint density at radius 3 is 2.81 bits per heavy atom. The maximum Gasteiger partial charge on any atom is 0.220 e. The molecule has 2 aliphatic rings. The van der Waals surface area contributed by atoms with Gasteiger partial charge in [0.1, 0.15) is 5.78 Å². The Morgan fingerprint density at radius 2 is 2.19 bits per heavy atom. The smallest absolute Gasteiger partial charge is 0.220 e. The number of piperidine rings is 1. The Bertz CT molecular complexity index is 315. The highest BCUT2D eigenvalue weighted by atomic mass is 16.3. The largest absolute Gasteiger partial charge is 0.391 e. The molecule has 4 atom stereocenters. The van der Waals surface area contributed by atoms with Gasteiger partial charge in [0.05, 0.1) is 12.1 Å². The van der Waals surface area contributed by atoms with Crippen molar-refractivity contribution in [2.45, 2.75) is 57.7 Å². The lowest BCUT2D eigenvalue weighted by atomic mass is 9.74. The third kappa shape index (κ3) is 1.75. The van der Waals surface area contributed by atoms with Crippen molar-refractivity contribution in [3.63, 3.8) is 0 Å². The maximum absolute atomic E-state index is 11.8. The van der Waals surface area contributed by atoms with Gasteiger partial charge in [0.25, 0.3) is 0 Å². The minimum absolute atomic E-state index is 0.0251. The standard InChI is InChI=1S/C12H19NO3/c1-7-12(16)6-9-10(13(7)8(2)14)4-3-5-11(9)15/h7,9-10,12,16H,3-6H2,1-2H3/t7-,9-,10-,12+/m0/s1. The number of hydrogen-bond donors (Lipinski definition) is 1. The van der Waals surface area contributed by atoms with E-state index in [2.05, 4.69) is 0 Å². The molecule has 1 saturated carbocycles. The third-order valence-corrected chi connectivity index (χ3v) is 4.01. The monoisotopic (exact) mass is 225 g/mol. The van der Waals surface area contributed by atoms with Gasteiger partial charge in [-0.3, -0.25) is 9.59 Å². The van der Waals surface area contributed by atoms with Crippen molar-refractivity contribution in [2.75, 3.05) is 0 Å². The van der Waals surface area contributed by atoms with Crippen molar-refractivity contribution in [3.8, 4) is 0 Å². The van der Waals surface area contributed by atoms with E-state index in [1.54, 1.807) is 4.90 Å². The SMILES string of the molecule is CC(=O)N1[C@@H](C)[C@H](O)C[C@@H]2C(=O)CCC[C@@H]21. The molecule has 4 nitrogen and oxygen atoms in total. The number of amides is 1. The average molecular weight is 225 g/mol. The van der Waals surface area contributed by atoms with Crippen LogP contribution in [-0.2, 0) is 9.59 Å². The van der Waals surface area contributed by atoms with Crippen molar-refractivity contribution in [3.05, 3.63) is 0 Å². The molecule has 0 aromatic rings. The quantitative estimate of drug-likeness (QED) is 0.661. The molecule has 4 heteroatoms. The van der Waals surface area contributed by atoms with Crippen molar-refractivity contribution in [1.82, 2.24) is 4.90 Å². The van der Waals surface area contributed by atoms with E-state index in [4.69, 9.17) is 0 Å². The first-order valence-corrected chi connectivity index (χ1v) is 6.02. The zero-order valence-corrected chi connectivity index (χ0v) is 9.85. The molecule has 0 bridgehead atoms. The van der Waals surface area contributed by atoms with Crippen LogP contribution in [0.4, 0.5) is 0 Å². The van der Waals surface area contributed by atoms with Crippen LogP contribution in [0, 0.1) is 5.92 Å². The van der Waals surface area contributed by atoms with E-state index in [0.717, 1.165) is 12.8 Å². The number of likely N-dealkylation sites (tertiary alicyclic amines) is 1. The number of aliphatic hydroxyl groups excluding tert-OH is 1. The lowest BCUT2D eigenvalue weighted by Gasteiger charge is -2.48. The van der Waals surface area contributed by atoms with Gasteiger partial charge in [0.15, 0.2) is 0 Å². The van der Waals surface area contributed by atoms with Gasteiger partial charge in [-0.2, -0.15) is 0 Å². The van der Waals surface area contributed by atoms with Gasteiger partial charge in [-0.15, -0.1) is 0 Å². The number of ketones is 1. The summed E-state index contributed by atoms with van der Waals surface area (Å²) in [6.07, 6.45) is 2.33. The first kappa shape index (κ1) is 11.6. The van der Waals surface area contributed by atoms with E-state index in [9.17, 15) is 14.7 Å². The van der Waals surface area contributed by atoms with Crippen LogP contribution in [0.1, 0.15) is 39.5 Å². The number of carbonyl (C=O) groups excluding carboxylic acids is 2. The summed E-state index contributed by atoms with van der Waals surface area (Å²) in [7, 11) is 0. The van der Waals surface area contributed by atoms with E-state index in [1.807, 2.05) is 6.92 Å². The summed E-state index contributed by atoms with van der Waals surface area (Å²) >= 11 is 0. The van der Waals surface area contributed by atoms with Gasteiger partial charge in [0.2, 0.25) is 5.91 Å². The number of hydrogen-bond acceptors (Lipinski definition) is 3. The van der Waals surface area contributed by atoms with Crippen molar-refractivity contribution in [1.29, 1.82) is 0 Å². The summed E-state index contributed by atoms with van der Waals surface area (Å²) in [6.45, 7) is 3.38. The molecule has 1 aliphatic heterocycles. The number of nitrogens with zero attached hydrogens (tertiary/aromatic N) is 1. The topological polar surface area (TPSA) is 57.6 Å². The van der Waals surface area contributed by atoms with E-state index in [1.165, 1.54) is 6.92 Å². The molecule has 1 heterocycles. The number of Topliss-reactive ketones (excluding diaryl/α,β-unsaturated/α-hetero) is 1. The molecule has 1 N–H and O–H groups in total. The second-order valence-electron chi connectivity index (χ2n) is 5.00. The molecule has 0 radical (unpaired) electrons. The van der Waals surface area contributed by atoms with Crippen LogP contribution in [0.15, 0.2) is 0 Å². The summed E-state index contributed by atoms with van der Waals surface area (Å²) in [5.74, 6) is 0.0493. The van der Waals surface area contributed by atoms with E-state index >= 15 is 0 Å². The Morgan fingerprint density at radius 1 is 1.50 bits per heavy atom. The van der Waals surface area contributed by atoms with Gasteiger partial charge in [-0.05, 0) is 26.2 Å². The molecule has 2 fully saturated rings. The van der Waals surface area contributed by atoms with Crippen LogP contribution in [0.5, 0.6) is 0 Å². The second kappa shape index (κ2) is 4.17. The van der Waals surface area contributed by atoms with Crippen molar-refractivity contribution >= 4 is 11.7 Å². The molecule has 0 unspecified atom stereocenters. The van der Waals surface area contributed by atoms with Crippen LogP contribution in [0.2, 0.25) is 0 Å². The summed E-state index contributed by atoms with van der Waals surface area (Å²) in [6, 6.07) is -0.137. The Balaban J connectivity index is 2.27. The summed E-state index contributed by atoms with van der Waals surface area (Å²) in [5, 5.41) is 9.91. The van der Waals surface area contributed by atoms with Gasteiger partial charge in [-0.1, -0.05) is 0 Å². The second-order valence-corrected chi connectivity index (χ2v) is 5.00. The normalized spacial score (nSPS) is 39.4. The molecule has 2 rings (SSSR count). The number of fused-ring (bicyclic) bond motifs is 1. The van der Waals surface area contributed by atoms with Crippen molar-refractivity contribution in [2.24, 2.45) is 5.92 Å². The highest BCUT2D eigenvalue weighted by molar-refractivity contribution is 5.84. The lowest BCUT2D eigenvalue weighted by Crippen LogP contribution is -2.60. The molecule has 0 spiro atoms. The number of carbonyl (C=O) groups is 2. The van der Waals surface area contributed by atoms with E-state index in [-0.39, 0.29) is 29.7 Å². The molecule has 1 aliphatic carbocycles. The molecular weight excluding hydrogens is 206 g/mol. The predicted molar refractivity (Wildman–Crippen MR) is 58.7 cm³/mol. The zero-order chi connectivity index (χ0) is 11.9. The summed E-state index contributed by atoms with van der Waals surface area (Å²) < 4.78 is 0. The van der Waals surface area contributed by atoms with Crippen LogP contribution in [0.3, 0.4) is 0 Å². The first-order chi connectivity index (χ1) is 7.52. The summed E-state index contributed by atoms with van der Waals surface area (Å²) in [5.41, 5.74) is 0. The minimum atomic E-state index is -0.563. The fourth-order valence-electron chi connectivity index (χ4n) is 3.17. The zero-order valence-electron chi connectivity index (χ0n) is 9.85.